The zero-order chi connectivity index (χ0) is 35.8. The number of aliphatic imine (C=N–C) groups is 1. The number of amides is 1. The van der Waals surface area contributed by atoms with E-state index in [0.29, 0.717) is 19.6 Å². The third kappa shape index (κ3) is 6.72. The summed E-state index contributed by atoms with van der Waals surface area (Å²) in [6.45, 7) is 1.79. The molecule has 5 nitrogen and oxygen atoms in total. The molecule has 6 rings (SSSR count). The van der Waals surface area contributed by atoms with E-state index < -0.39 is 58.3 Å². The van der Waals surface area contributed by atoms with Gasteiger partial charge in [-0.25, -0.2) is 4.39 Å². The van der Waals surface area contributed by atoms with Crippen molar-refractivity contribution in [2.24, 2.45) is 16.8 Å². The largest absolute Gasteiger partial charge is 0.496 e. The van der Waals surface area contributed by atoms with E-state index >= 15 is 17.6 Å². The van der Waals surface area contributed by atoms with Crippen molar-refractivity contribution in [1.29, 1.82) is 0 Å². The van der Waals surface area contributed by atoms with E-state index in [-0.39, 0.29) is 40.3 Å². The monoisotopic (exact) mass is 708 g/mol. The van der Waals surface area contributed by atoms with Crippen molar-refractivity contribution in [1.82, 2.24) is 5.32 Å². The van der Waals surface area contributed by atoms with Gasteiger partial charge >= 0.3 is 12.4 Å². The number of methoxy groups -OCH3 is 2. The van der Waals surface area contributed by atoms with Gasteiger partial charge in [-0.2, -0.15) is 26.3 Å². The Balaban J connectivity index is 1.87. The Hall–Kier alpha value is -4.16. The van der Waals surface area contributed by atoms with Crippen LogP contribution in [0, 0.1) is 17.7 Å². The molecule has 49 heavy (non-hydrogen) atoms. The first-order chi connectivity index (χ1) is 23.1. The molecule has 0 radical (unpaired) electrons. The summed E-state index contributed by atoms with van der Waals surface area (Å²) in [4.78, 5) is 19.1. The lowest BCUT2D eigenvalue weighted by Gasteiger charge is -2.41. The van der Waals surface area contributed by atoms with Gasteiger partial charge in [0.15, 0.2) is 0 Å². The van der Waals surface area contributed by atoms with Crippen LogP contribution >= 0.6 is 11.6 Å². The van der Waals surface area contributed by atoms with Gasteiger partial charge in [0, 0.05) is 36.6 Å². The van der Waals surface area contributed by atoms with Gasteiger partial charge in [-0.1, -0.05) is 60.2 Å². The molecular weight excluding hydrogens is 677 g/mol. The van der Waals surface area contributed by atoms with E-state index in [1.807, 2.05) is 0 Å². The number of alkyl halides is 7. The van der Waals surface area contributed by atoms with E-state index in [1.165, 1.54) is 49.7 Å². The molecular formula is C36H32ClF7N2O3. The van der Waals surface area contributed by atoms with Crippen molar-refractivity contribution in [3.63, 3.8) is 0 Å². The Bertz CT molecular complexity index is 1790. The maximum absolute atomic E-state index is 15.3. The maximum atomic E-state index is 15.3. The summed E-state index contributed by atoms with van der Waals surface area (Å²) >= 11 is 6.62. The molecule has 0 spiro atoms. The normalized spacial score (nSPS) is 23.9. The molecule has 260 valence electrons. The molecule has 3 aromatic carbocycles. The van der Waals surface area contributed by atoms with E-state index in [9.17, 15) is 18.0 Å². The van der Waals surface area contributed by atoms with Crippen molar-refractivity contribution >= 4 is 23.7 Å². The van der Waals surface area contributed by atoms with Gasteiger partial charge < -0.3 is 14.8 Å². The van der Waals surface area contributed by atoms with Crippen LogP contribution in [0.3, 0.4) is 0 Å². The summed E-state index contributed by atoms with van der Waals surface area (Å²) in [5.74, 6) is -3.29. The van der Waals surface area contributed by atoms with Crippen LogP contribution in [0.2, 0.25) is 0 Å². The van der Waals surface area contributed by atoms with Crippen molar-refractivity contribution in [3.05, 3.63) is 124 Å². The Labute approximate surface area is 283 Å². The Morgan fingerprint density at radius 2 is 1.57 bits per heavy atom. The van der Waals surface area contributed by atoms with Crippen LogP contribution in [0.4, 0.5) is 30.7 Å². The van der Waals surface area contributed by atoms with Crippen LogP contribution in [-0.4, -0.2) is 37.9 Å². The molecule has 1 N–H and O–H groups in total. The summed E-state index contributed by atoms with van der Waals surface area (Å²) < 4.78 is 114. The highest BCUT2D eigenvalue weighted by atomic mass is 35.5. The number of fused-ring (bicyclic) bond motifs is 2. The number of para-hydroxylation sites is 1. The van der Waals surface area contributed by atoms with Crippen LogP contribution in [0.25, 0.3) is 0 Å². The van der Waals surface area contributed by atoms with Crippen LogP contribution in [-0.2, 0) is 33.3 Å². The highest BCUT2D eigenvalue weighted by molar-refractivity contribution is 6.22. The third-order valence-electron chi connectivity index (χ3n) is 9.15. The maximum Gasteiger partial charge on any atom is 0.430 e. The number of allylic oxidation sites excluding steroid dienone is 3. The van der Waals surface area contributed by atoms with Gasteiger partial charge in [-0.05, 0) is 60.7 Å². The minimum Gasteiger partial charge on any atom is -0.496 e. The van der Waals surface area contributed by atoms with Gasteiger partial charge in [-0.3, -0.25) is 9.79 Å². The molecule has 1 aliphatic carbocycles. The third-order valence-corrected chi connectivity index (χ3v) is 9.78. The number of rotatable bonds is 9. The standard InChI is InChI=1S/C36H32ClF7N2O3/c1-21-13-14-30(45-20-23-15-28(21)31(23)37)33(19-22-9-7-8-12-29(22)48-2,25-16-26(35(39,40)41)18-27(38)17-25)46-32(47)34(49-3,36(42,43)44)24-10-5-4-6-11-24/h4-14,16-18,20,23,28,31H,15,19H2,1-3H3,(H,46,47)/b21-13-,30-14-,45-20?/t23?,28?,31-,33+,34-/m0/s1. The van der Waals surface area contributed by atoms with Crippen molar-refractivity contribution in [2.75, 3.05) is 14.2 Å². The molecule has 3 aliphatic rings. The number of hydrogen-bond acceptors (Lipinski definition) is 4. The van der Waals surface area contributed by atoms with Crippen LogP contribution in [0.5, 0.6) is 5.75 Å². The Morgan fingerprint density at radius 3 is 2.18 bits per heavy atom. The molecule has 3 aromatic rings. The highest BCUT2D eigenvalue weighted by Gasteiger charge is 2.64. The lowest BCUT2D eigenvalue weighted by atomic mass is 9.71. The van der Waals surface area contributed by atoms with Crippen LogP contribution < -0.4 is 10.1 Å². The molecule has 2 heterocycles. The lowest BCUT2D eigenvalue weighted by Crippen LogP contribution is -2.61. The van der Waals surface area contributed by atoms with Crippen LogP contribution in [0.1, 0.15) is 35.6 Å². The number of nitrogens with zero attached hydrogens (tertiary/aromatic N) is 1. The first kappa shape index (κ1) is 36.1. The number of carbonyl (C=O) groups is 1. The van der Waals surface area contributed by atoms with Crippen LogP contribution in [0.15, 0.2) is 101 Å². The fourth-order valence-corrected chi connectivity index (χ4v) is 6.87. The molecule has 1 amide bonds. The molecule has 0 aromatic heterocycles. The first-order valence-electron chi connectivity index (χ1n) is 15.1. The van der Waals surface area contributed by atoms with E-state index in [2.05, 4.69) is 10.3 Å². The number of halogens is 8. The molecule has 2 bridgehead atoms. The van der Waals surface area contributed by atoms with Gasteiger partial charge in [0.1, 0.15) is 17.1 Å². The van der Waals surface area contributed by atoms with E-state index in [4.69, 9.17) is 21.1 Å². The summed E-state index contributed by atoms with van der Waals surface area (Å²) in [5.41, 5.74) is -7.74. The fourth-order valence-electron chi connectivity index (χ4n) is 6.40. The fraction of sp³-hybridized carbons (Fsp3) is 0.333. The van der Waals surface area contributed by atoms with Crippen molar-refractivity contribution in [2.45, 2.75) is 48.6 Å². The van der Waals surface area contributed by atoms with Gasteiger partial charge in [0.25, 0.3) is 11.5 Å². The molecule has 2 aliphatic heterocycles. The van der Waals surface area contributed by atoms with Gasteiger partial charge in [-0.15, -0.1) is 11.6 Å². The quantitative estimate of drug-likeness (QED) is 0.179. The van der Waals surface area contributed by atoms with E-state index in [0.717, 1.165) is 23.8 Å². The molecule has 0 saturated heterocycles. The second kappa shape index (κ2) is 13.6. The van der Waals surface area contributed by atoms with Crippen molar-refractivity contribution in [3.8, 4) is 5.75 Å². The Morgan fingerprint density at radius 1 is 0.918 bits per heavy atom. The summed E-state index contributed by atoms with van der Waals surface area (Å²) in [6, 6.07) is 13.9. The smallest absolute Gasteiger partial charge is 0.430 e. The number of hydrogen-bond donors (Lipinski definition) is 1. The number of benzene rings is 3. The summed E-state index contributed by atoms with van der Waals surface area (Å²) in [5, 5.41) is 2.05. The van der Waals surface area contributed by atoms with Crippen molar-refractivity contribution < 1.29 is 45.0 Å². The molecule has 1 fully saturated rings. The topological polar surface area (TPSA) is 59.9 Å². The predicted octanol–water partition coefficient (Wildman–Crippen LogP) is 8.67. The number of nitrogens with one attached hydrogen (secondary N) is 1. The molecule has 2 unspecified atom stereocenters. The summed E-state index contributed by atoms with van der Waals surface area (Å²) in [6.07, 6.45) is -5.92. The molecule has 1 saturated carbocycles. The predicted molar refractivity (Wildman–Crippen MR) is 171 cm³/mol. The SMILES string of the molecule is COc1ccccc1C[C@](NC(=O)[C@@](OC)(c1ccccc1)C(F)(F)F)(/C1=C/C=C(/C)C2CC(C=N1)[C@@H]2Cl)c1cc(F)cc(C(F)(F)F)c1. The lowest BCUT2D eigenvalue weighted by molar-refractivity contribution is -0.266. The highest BCUT2D eigenvalue weighted by Crippen LogP contribution is 2.47. The zero-order valence-corrected chi connectivity index (χ0v) is 27.3. The molecule has 13 heteroatoms. The number of carbonyl (C=O) groups excluding carboxylic acids is 1. The number of ether oxygens (including phenoxy) is 2. The Kier molecular flexibility index (Phi) is 10.0. The van der Waals surface area contributed by atoms with Gasteiger partial charge in [0.05, 0.1) is 18.4 Å². The zero-order valence-electron chi connectivity index (χ0n) is 26.5. The van der Waals surface area contributed by atoms with E-state index in [1.54, 1.807) is 25.1 Å². The second-order valence-corrected chi connectivity index (χ2v) is 12.5. The first-order valence-corrected chi connectivity index (χ1v) is 15.6. The van der Waals surface area contributed by atoms with Gasteiger partial charge in [0.2, 0.25) is 0 Å². The average molecular weight is 709 g/mol. The second-order valence-electron chi connectivity index (χ2n) is 12.0. The minimum absolute atomic E-state index is 0.0672. The summed E-state index contributed by atoms with van der Waals surface area (Å²) in [7, 11) is 2.03. The minimum atomic E-state index is -5.39. The average Bonchev–Trinajstić information content (AvgIpc) is 3.17. The molecule has 5 atom stereocenters.